The van der Waals surface area contributed by atoms with Gasteiger partial charge in [-0.05, 0) is 125 Å². The molecule has 0 atom stereocenters. The van der Waals surface area contributed by atoms with Gasteiger partial charge >= 0.3 is 0 Å². The lowest BCUT2D eigenvalue weighted by atomic mass is 9.69. The van der Waals surface area contributed by atoms with Crippen molar-refractivity contribution in [1.82, 2.24) is 0 Å². The van der Waals surface area contributed by atoms with Gasteiger partial charge in [-0.2, -0.15) is 0 Å². The average molecular weight is 788 g/mol. The summed E-state index contributed by atoms with van der Waals surface area (Å²) in [5.41, 5.74) is 24.1. The van der Waals surface area contributed by atoms with E-state index in [4.69, 9.17) is 0 Å². The second kappa shape index (κ2) is 13.0. The first-order chi connectivity index (χ1) is 29.3. The Balaban J connectivity index is 1.22. The summed E-state index contributed by atoms with van der Waals surface area (Å²) < 4.78 is 0. The van der Waals surface area contributed by atoms with Gasteiger partial charge in [-0.15, -0.1) is 0 Å². The van der Waals surface area contributed by atoms with Crippen LogP contribution in [0.1, 0.15) is 99.9 Å². The molecular weight excluding hydrogens is 735 g/mol. The Morgan fingerprint density at radius 1 is 0.361 bits per heavy atom. The molecule has 0 fully saturated rings. The molecule has 0 bridgehead atoms. The quantitative estimate of drug-likeness (QED) is 0.172. The topological polar surface area (TPSA) is 3.24 Å². The fourth-order valence-corrected chi connectivity index (χ4v) is 11.0. The zero-order valence-corrected chi connectivity index (χ0v) is 36.7. The third kappa shape index (κ3) is 5.39. The van der Waals surface area contributed by atoms with Crippen LogP contribution in [0.15, 0.2) is 176 Å². The molecule has 0 unspecified atom stereocenters. The van der Waals surface area contributed by atoms with Crippen LogP contribution in [-0.2, 0) is 21.7 Å². The summed E-state index contributed by atoms with van der Waals surface area (Å²) in [4.78, 5) is 2.55. The van der Waals surface area contributed by atoms with Gasteiger partial charge in [0.15, 0.2) is 0 Å². The fourth-order valence-electron chi connectivity index (χ4n) is 11.0. The van der Waals surface area contributed by atoms with Crippen LogP contribution < -0.4 is 4.90 Å². The zero-order chi connectivity index (χ0) is 42.1. The molecule has 1 heteroatoms. The summed E-state index contributed by atoms with van der Waals surface area (Å²) in [6, 6.07) is 67.2. The molecule has 0 aliphatic heterocycles. The molecule has 61 heavy (non-hydrogen) atoms. The van der Waals surface area contributed by atoms with Gasteiger partial charge < -0.3 is 4.90 Å². The number of hydrogen-bond donors (Lipinski definition) is 0. The van der Waals surface area contributed by atoms with Gasteiger partial charge in [-0.3, -0.25) is 0 Å². The highest BCUT2D eigenvalue weighted by molar-refractivity contribution is 6.01. The van der Waals surface area contributed by atoms with Crippen molar-refractivity contribution in [2.45, 2.75) is 77.0 Å². The van der Waals surface area contributed by atoms with Gasteiger partial charge in [0.05, 0.1) is 11.1 Å². The van der Waals surface area contributed by atoms with Crippen LogP contribution in [-0.4, -0.2) is 0 Å². The minimum Gasteiger partial charge on any atom is -0.310 e. The van der Waals surface area contributed by atoms with E-state index in [1.54, 1.807) is 0 Å². The summed E-state index contributed by atoms with van der Waals surface area (Å²) in [7, 11) is 0. The first kappa shape index (κ1) is 37.6. The third-order valence-electron chi connectivity index (χ3n) is 14.2. The van der Waals surface area contributed by atoms with Gasteiger partial charge in [-0.1, -0.05) is 201 Å². The lowest BCUT2D eigenvalue weighted by Gasteiger charge is -2.33. The van der Waals surface area contributed by atoms with Gasteiger partial charge in [0.1, 0.15) is 0 Å². The van der Waals surface area contributed by atoms with Crippen LogP contribution >= 0.6 is 0 Å². The summed E-state index contributed by atoms with van der Waals surface area (Å²) in [6.45, 7) is 18.8. The molecule has 11 rings (SSSR count). The van der Waals surface area contributed by atoms with Crippen LogP contribution in [0.4, 0.5) is 17.1 Å². The Morgan fingerprint density at radius 3 is 1.54 bits per heavy atom. The molecule has 0 radical (unpaired) electrons. The van der Waals surface area contributed by atoms with Crippen molar-refractivity contribution in [1.29, 1.82) is 0 Å². The normalized spacial score (nSPS) is 14.8. The molecule has 0 N–H and O–H groups in total. The summed E-state index contributed by atoms with van der Waals surface area (Å²) in [5, 5.41) is 0. The maximum absolute atomic E-state index is 2.55. The Hall–Kier alpha value is -6.44. The van der Waals surface area contributed by atoms with Crippen molar-refractivity contribution in [2.75, 3.05) is 4.90 Å². The van der Waals surface area contributed by atoms with Crippen molar-refractivity contribution in [3.8, 4) is 44.5 Å². The molecular formula is C60H53N. The van der Waals surface area contributed by atoms with Gasteiger partial charge in [0.25, 0.3) is 0 Å². The van der Waals surface area contributed by atoms with Gasteiger partial charge in [-0.25, -0.2) is 0 Å². The molecule has 8 aromatic carbocycles. The van der Waals surface area contributed by atoms with Crippen LogP contribution in [0, 0.1) is 0 Å². The molecule has 0 saturated heterocycles. The van der Waals surface area contributed by atoms with Crippen molar-refractivity contribution in [3.63, 3.8) is 0 Å². The largest absolute Gasteiger partial charge is 0.310 e. The highest BCUT2D eigenvalue weighted by Gasteiger charge is 2.53. The number of nitrogens with zero attached hydrogens (tertiary/aromatic N) is 1. The highest BCUT2D eigenvalue weighted by atomic mass is 15.1. The summed E-state index contributed by atoms with van der Waals surface area (Å²) >= 11 is 0. The van der Waals surface area contributed by atoms with E-state index in [0.29, 0.717) is 0 Å². The third-order valence-corrected chi connectivity index (χ3v) is 14.2. The average Bonchev–Trinajstić information content (AvgIpc) is 3.82. The van der Waals surface area contributed by atoms with E-state index in [2.05, 4.69) is 236 Å². The van der Waals surface area contributed by atoms with E-state index in [1.165, 1.54) is 94.7 Å². The standard InChI is InChI=1S/C60H53N/c1-57(2,3)40-28-31-46-47-32-29-41(58(4,5)6)36-54(47)60(53(46)35-40)50-25-15-13-23-48(50)56-51(60)26-17-27-55(56)61(42-21-16-20-39(34-42)38-18-10-9-11-19-38)43-30-33-45-44-22-12-14-24-49(44)59(7,8)52(45)37-43/h9-37H,1-8H3. The minimum absolute atomic E-state index is 0.00800. The monoisotopic (exact) mass is 787 g/mol. The second-order valence-corrected chi connectivity index (χ2v) is 20.2. The maximum Gasteiger partial charge on any atom is 0.0726 e. The molecule has 1 nitrogen and oxygen atoms in total. The number of fused-ring (bicyclic) bond motifs is 13. The van der Waals surface area contributed by atoms with Crippen LogP contribution in [0.5, 0.6) is 0 Å². The first-order valence-corrected chi connectivity index (χ1v) is 22.0. The predicted molar refractivity (Wildman–Crippen MR) is 258 cm³/mol. The lowest BCUT2D eigenvalue weighted by molar-refractivity contribution is 0.586. The second-order valence-electron chi connectivity index (χ2n) is 20.2. The van der Waals surface area contributed by atoms with E-state index in [9.17, 15) is 0 Å². The maximum atomic E-state index is 2.55. The highest BCUT2D eigenvalue weighted by Crippen LogP contribution is 2.65. The molecule has 3 aliphatic rings. The van der Waals surface area contributed by atoms with E-state index in [-0.39, 0.29) is 16.2 Å². The van der Waals surface area contributed by atoms with Crippen molar-refractivity contribution >= 4 is 17.1 Å². The SMILES string of the molecule is CC(C)(C)c1ccc2c(c1)C1(c3cc(C(C)(C)C)ccc3-2)c2ccccc2-c2c(N(c3cccc(-c4ccccc4)c3)c3ccc4c(c3)C(C)(C)c3ccccc3-4)cccc21. The molecule has 0 heterocycles. The smallest absolute Gasteiger partial charge is 0.0726 e. The fraction of sp³-hybridized carbons (Fsp3) is 0.200. The molecule has 1 spiro atoms. The number of anilines is 3. The Bertz CT molecular complexity index is 3010. The Kier molecular flexibility index (Phi) is 8.02. The summed E-state index contributed by atoms with van der Waals surface area (Å²) in [5.74, 6) is 0. The predicted octanol–water partition coefficient (Wildman–Crippen LogP) is 16.1. The minimum atomic E-state index is -0.492. The van der Waals surface area contributed by atoms with Gasteiger partial charge in [0, 0.05) is 22.4 Å². The first-order valence-electron chi connectivity index (χ1n) is 22.0. The van der Waals surface area contributed by atoms with Gasteiger partial charge in [0.2, 0.25) is 0 Å². The van der Waals surface area contributed by atoms with Crippen molar-refractivity contribution < 1.29 is 0 Å². The summed E-state index contributed by atoms with van der Waals surface area (Å²) in [6.07, 6.45) is 0. The molecule has 3 aliphatic carbocycles. The zero-order valence-electron chi connectivity index (χ0n) is 36.7. The molecule has 0 saturated carbocycles. The molecule has 0 amide bonds. The number of rotatable bonds is 4. The molecule has 0 aromatic heterocycles. The van der Waals surface area contributed by atoms with Crippen LogP contribution in [0.3, 0.4) is 0 Å². The van der Waals surface area contributed by atoms with Crippen molar-refractivity contribution in [3.05, 3.63) is 220 Å². The van der Waals surface area contributed by atoms with E-state index < -0.39 is 5.41 Å². The lowest BCUT2D eigenvalue weighted by Crippen LogP contribution is -2.27. The molecule has 8 aromatic rings. The van der Waals surface area contributed by atoms with Crippen molar-refractivity contribution in [2.24, 2.45) is 0 Å². The number of hydrogen-bond acceptors (Lipinski definition) is 1. The van der Waals surface area contributed by atoms with E-state index in [0.717, 1.165) is 11.4 Å². The number of benzene rings is 8. The Labute approximate surface area is 362 Å². The van der Waals surface area contributed by atoms with E-state index >= 15 is 0 Å². The Morgan fingerprint density at radius 2 is 0.869 bits per heavy atom. The van der Waals surface area contributed by atoms with Crippen LogP contribution in [0.25, 0.3) is 44.5 Å². The van der Waals surface area contributed by atoms with Crippen LogP contribution in [0.2, 0.25) is 0 Å². The van der Waals surface area contributed by atoms with E-state index in [1.807, 2.05) is 0 Å². The molecule has 298 valence electrons.